The van der Waals surface area contributed by atoms with Crippen molar-refractivity contribution in [3.63, 3.8) is 0 Å². The van der Waals surface area contributed by atoms with Crippen LogP contribution in [0.25, 0.3) is 0 Å². The third-order valence-electron chi connectivity index (χ3n) is 7.04. The Hall–Kier alpha value is -4.38. The monoisotopic (exact) mass is 519 g/mol. The highest BCUT2D eigenvalue weighted by molar-refractivity contribution is 5.98. The van der Waals surface area contributed by atoms with Crippen molar-refractivity contribution < 1.29 is 19.1 Å². The molecule has 0 spiro atoms. The molecule has 0 unspecified atom stereocenters. The molecule has 0 atom stereocenters. The zero-order valence-electron chi connectivity index (χ0n) is 22.4. The number of hydrogen-bond acceptors (Lipinski definition) is 4. The fourth-order valence-electron chi connectivity index (χ4n) is 4.90. The molecule has 0 radical (unpaired) electrons. The molecular weight excluding hydrogens is 486 g/mol. The predicted molar refractivity (Wildman–Crippen MR) is 152 cm³/mol. The van der Waals surface area contributed by atoms with E-state index in [0.717, 1.165) is 45.4 Å². The van der Waals surface area contributed by atoms with Crippen molar-refractivity contribution in [1.82, 2.24) is 4.90 Å². The summed E-state index contributed by atoms with van der Waals surface area (Å²) in [5.74, 6) is 1.29. The zero-order chi connectivity index (χ0) is 27.2. The van der Waals surface area contributed by atoms with Gasteiger partial charge in [0.15, 0.2) is 0 Å². The van der Waals surface area contributed by atoms with Crippen LogP contribution in [0.4, 0.5) is 0 Å². The van der Waals surface area contributed by atoms with Gasteiger partial charge in [0.1, 0.15) is 31.0 Å². The molecule has 1 aliphatic heterocycles. The lowest BCUT2D eigenvalue weighted by Crippen LogP contribution is -2.26. The number of ether oxygens (including phenoxy) is 2. The van der Waals surface area contributed by atoms with Crippen LogP contribution in [0.15, 0.2) is 91.0 Å². The molecule has 5 heteroatoms. The number of amides is 1. The van der Waals surface area contributed by atoms with Crippen molar-refractivity contribution in [3.05, 3.63) is 130 Å². The van der Waals surface area contributed by atoms with Crippen LogP contribution < -0.4 is 9.47 Å². The molecule has 4 aromatic carbocycles. The molecule has 0 aliphatic carbocycles. The fraction of sp³-hybridized carbons (Fsp3) is 0.235. The van der Waals surface area contributed by atoms with E-state index < -0.39 is 0 Å². The van der Waals surface area contributed by atoms with Gasteiger partial charge in [0.05, 0.1) is 5.56 Å². The van der Waals surface area contributed by atoms with Crippen LogP contribution in [-0.4, -0.2) is 17.1 Å². The summed E-state index contributed by atoms with van der Waals surface area (Å²) >= 11 is 0. The molecule has 4 aromatic rings. The minimum Gasteiger partial charge on any atom is -0.488 e. The highest BCUT2D eigenvalue weighted by Crippen LogP contribution is 2.37. The lowest BCUT2D eigenvalue weighted by atomic mass is 9.98. The zero-order valence-corrected chi connectivity index (χ0v) is 22.4. The van der Waals surface area contributed by atoms with E-state index in [1.807, 2.05) is 95.9 Å². The van der Waals surface area contributed by atoms with Gasteiger partial charge in [-0.15, -0.1) is 0 Å². The summed E-state index contributed by atoms with van der Waals surface area (Å²) in [7, 11) is 0. The summed E-state index contributed by atoms with van der Waals surface area (Å²) in [4.78, 5) is 26.8. The molecule has 0 bridgehead atoms. The molecule has 0 saturated carbocycles. The third kappa shape index (κ3) is 6.20. The average Bonchev–Trinajstić information content (AvgIpc) is 3.39. The van der Waals surface area contributed by atoms with E-state index in [0.29, 0.717) is 44.0 Å². The van der Waals surface area contributed by atoms with Gasteiger partial charge in [-0.3, -0.25) is 4.79 Å². The Morgan fingerprint density at radius 3 is 2.00 bits per heavy atom. The average molecular weight is 520 g/mol. The summed E-state index contributed by atoms with van der Waals surface area (Å²) in [6, 6.07) is 29.8. The van der Waals surface area contributed by atoms with Crippen molar-refractivity contribution in [2.45, 2.75) is 52.5 Å². The number of nitrogens with zero attached hydrogens (tertiary/aromatic N) is 1. The van der Waals surface area contributed by atoms with Gasteiger partial charge < -0.3 is 19.2 Å². The molecule has 0 N–H and O–H groups in total. The van der Waals surface area contributed by atoms with Gasteiger partial charge in [-0.1, -0.05) is 92.7 Å². The number of carbonyl (C=O) groups excluding carboxylic acids is 2. The second-order valence-electron chi connectivity index (χ2n) is 10.2. The van der Waals surface area contributed by atoms with Crippen LogP contribution in [0.5, 0.6) is 11.5 Å². The Balaban J connectivity index is 1.46. The first kappa shape index (κ1) is 26.2. The van der Waals surface area contributed by atoms with Crippen molar-refractivity contribution in [2.75, 3.05) is 0 Å². The van der Waals surface area contributed by atoms with Gasteiger partial charge in [-0.2, -0.15) is 0 Å². The van der Waals surface area contributed by atoms with Crippen molar-refractivity contribution >= 4 is 12.2 Å². The standard InChI is InChI=1S/C34H33NO4/c1-24(2)30-18-31(34(37)35-20-28-14-13-25(15-16-36)17-29(28)21-35)33(39-23-27-11-7-4-8-12-27)19-32(30)38-22-26-9-5-3-6-10-26/h3-14,16-19,24H,15,20-23H2,1-2H3. The highest BCUT2D eigenvalue weighted by atomic mass is 16.5. The summed E-state index contributed by atoms with van der Waals surface area (Å²) in [5, 5.41) is 0. The first-order chi connectivity index (χ1) is 19.0. The smallest absolute Gasteiger partial charge is 0.258 e. The summed E-state index contributed by atoms with van der Waals surface area (Å²) in [6.45, 7) is 6.00. The Kier molecular flexibility index (Phi) is 8.07. The summed E-state index contributed by atoms with van der Waals surface area (Å²) < 4.78 is 12.6. The van der Waals surface area contributed by atoms with E-state index in [9.17, 15) is 9.59 Å². The van der Waals surface area contributed by atoms with E-state index in [4.69, 9.17) is 9.47 Å². The number of rotatable bonds is 10. The number of aldehydes is 1. The van der Waals surface area contributed by atoms with Crippen molar-refractivity contribution in [2.24, 2.45) is 0 Å². The molecule has 0 fully saturated rings. The fourth-order valence-corrected chi connectivity index (χ4v) is 4.90. The summed E-state index contributed by atoms with van der Waals surface area (Å²) in [6.07, 6.45) is 1.28. The van der Waals surface area contributed by atoms with Crippen LogP contribution in [0, 0.1) is 0 Å². The van der Waals surface area contributed by atoms with Crippen LogP contribution >= 0.6 is 0 Å². The largest absolute Gasteiger partial charge is 0.488 e. The van der Waals surface area contributed by atoms with Crippen LogP contribution in [0.2, 0.25) is 0 Å². The van der Waals surface area contributed by atoms with E-state index in [1.165, 1.54) is 0 Å². The number of benzene rings is 4. The summed E-state index contributed by atoms with van der Waals surface area (Å²) in [5.41, 5.74) is 6.74. The lowest BCUT2D eigenvalue weighted by Gasteiger charge is -2.22. The van der Waals surface area contributed by atoms with Crippen LogP contribution in [-0.2, 0) is 37.5 Å². The second kappa shape index (κ2) is 12.0. The Bertz CT molecular complexity index is 1450. The SMILES string of the molecule is CC(C)c1cc(C(=O)N2Cc3ccc(CC=O)cc3C2)c(OCc2ccccc2)cc1OCc1ccccc1. The molecule has 1 aliphatic rings. The molecule has 1 heterocycles. The first-order valence-corrected chi connectivity index (χ1v) is 13.4. The van der Waals surface area contributed by atoms with Gasteiger partial charge >= 0.3 is 0 Å². The Morgan fingerprint density at radius 1 is 0.769 bits per heavy atom. The molecule has 39 heavy (non-hydrogen) atoms. The van der Waals surface area contributed by atoms with E-state index >= 15 is 0 Å². The van der Waals surface area contributed by atoms with Gasteiger partial charge in [0.25, 0.3) is 5.91 Å². The lowest BCUT2D eigenvalue weighted by molar-refractivity contribution is -0.107. The molecule has 198 valence electrons. The van der Waals surface area contributed by atoms with Gasteiger partial charge in [-0.05, 0) is 45.4 Å². The minimum atomic E-state index is -0.0808. The predicted octanol–water partition coefficient (Wildman–Crippen LogP) is 6.87. The second-order valence-corrected chi connectivity index (χ2v) is 10.2. The first-order valence-electron chi connectivity index (χ1n) is 13.4. The molecule has 5 nitrogen and oxygen atoms in total. The molecule has 1 amide bonds. The quantitative estimate of drug-likeness (QED) is 0.215. The Labute approximate surface area is 230 Å². The molecular formula is C34H33NO4. The maximum Gasteiger partial charge on any atom is 0.258 e. The van der Waals surface area contributed by atoms with E-state index in [1.54, 1.807) is 0 Å². The number of hydrogen-bond donors (Lipinski definition) is 0. The van der Waals surface area contributed by atoms with Gasteiger partial charge in [0, 0.05) is 25.6 Å². The van der Waals surface area contributed by atoms with Crippen molar-refractivity contribution in [3.8, 4) is 11.5 Å². The Morgan fingerprint density at radius 2 is 1.38 bits per heavy atom. The van der Waals surface area contributed by atoms with Crippen molar-refractivity contribution in [1.29, 1.82) is 0 Å². The number of carbonyl (C=O) groups is 2. The maximum absolute atomic E-state index is 14.0. The van der Waals surface area contributed by atoms with Gasteiger partial charge in [0.2, 0.25) is 0 Å². The maximum atomic E-state index is 14.0. The topological polar surface area (TPSA) is 55.8 Å². The minimum absolute atomic E-state index is 0.0808. The van der Waals surface area contributed by atoms with E-state index in [-0.39, 0.29) is 11.8 Å². The molecule has 0 aromatic heterocycles. The van der Waals surface area contributed by atoms with Crippen LogP contribution in [0.3, 0.4) is 0 Å². The van der Waals surface area contributed by atoms with Crippen LogP contribution in [0.1, 0.15) is 63.5 Å². The number of fused-ring (bicyclic) bond motifs is 1. The third-order valence-corrected chi connectivity index (χ3v) is 7.04. The van der Waals surface area contributed by atoms with E-state index in [2.05, 4.69) is 13.8 Å². The normalized spacial score (nSPS) is 12.3. The molecule has 5 rings (SSSR count). The molecule has 0 saturated heterocycles. The highest BCUT2D eigenvalue weighted by Gasteiger charge is 2.28. The van der Waals surface area contributed by atoms with Gasteiger partial charge in [-0.25, -0.2) is 0 Å².